The number of nitrogens with zero attached hydrogens (tertiary/aromatic N) is 2. The summed E-state index contributed by atoms with van der Waals surface area (Å²) in [4.78, 5) is 8.50. The first kappa shape index (κ1) is 12.6. The summed E-state index contributed by atoms with van der Waals surface area (Å²) in [6.07, 6.45) is 1.81. The lowest BCUT2D eigenvalue weighted by Crippen LogP contribution is -1.99. The molecule has 0 spiro atoms. The van der Waals surface area contributed by atoms with E-state index in [1.807, 2.05) is 38.2 Å². The van der Waals surface area contributed by atoms with E-state index in [4.69, 9.17) is 11.6 Å². The van der Waals surface area contributed by atoms with Crippen LogP contribution in [0.15, 0.2) is 24.4 Å². The molecule has 0 aliphatic carbocycles. The van der Waals surface area contributed by atoms with Gasteiger partial charge in [-0.1, -0.05) is 11.6 Å². The molecule has 0 unspecified atom stereocenters. The number of anilines is 2. The van der Waals surface area contributed by atoms with Crippen molar-refractivity contribution in [3.05, 3.63) is 44.4 Å². The van der Waals surface area contributed by atoms with E-state index in [2.05, 4.69) is 37.9 Å². The highest BCUT2D eigenvalue weighted by atomic mass is 127. The van der Waals surface area contributed by atoms with Gasteiger partial charge in [0, 0.05) is 21.0 Å². The first-order valence-corrected chi connectivity index (χ1v) is 6.54. The second-order valence-corrected chi connectivity index (χ2v) is 5.27. The molecule has 5 heteroatoms. The van der Waals surface area contributed by atoms with Crippen LogP contribution in [0, 0.1) is 17.4 Å². The molecule has 0 aliphatic rings. The van der Waals surface area contributed by atoms with Gasteiger partial charge in [0.25, 0.3) is 0 Å². The maximum absolute atomic E-state index is 5.98. The zero-order chi connectivity index (χ0) is 12.4. The third kappa shape index (κ3) is 3.07. The van der Waals surface area contributed by atoms with Gasteiger partial charge in [0.15, 0.2) is 0 Å². The number of nitrogens with one attached hydrogen (secondary N) is 1. The van der Waals surface area contributed by atoms with E-state index in [-0.39, 0.29) is 0 Å². The van der Waals surface area contributed by atoms with Crippen molar-refractivity contribution in [2.24, 2.45) is 0 Å². The monoisotopic (exact) mass is 359 g/mol. The van der Waals surface area contributed by atoms with Crippen LogP contribution in [0.25, 0.3) is 0 Å². The molecule has 0 amide bonds. The summed E-state index contributed by atoms with van der Waals surface area (Å²) < 4.78 is 1.01. The fourth-order valence-electron chi connectivity index (χ4n) is 1.37. The fraction of sp³-hybridized carbons (Fsp3) is 0.167. The van der Waals surface area contributed by atoms with Crippen molar-refractivity contribution >= 4 is 45.7 Å². The Bertz CT molecular complexity index is 557. The van der Waals surface area contributed by atoms with Gasteiger partial charge in [-0.15, -0.1) is 0 Å². The molecule has 1 aromatic carbocycles. The summed E-state index contributed by atoms with van der Waals surface area (Å²) in [5.41, 5.74) is 1.99. The van der Waals surface area contributed by atoms with Crippen LogP contribution >= 0.6 is 34.2 Å². The molecule has 88 valence electrons. The third-order valence-electron chi connectivity index (χ3n) is 2.27. The van der Waals surface area contributed by atoms with Crippen molar-refractivity contribution in [3.8, 4) is 0 Å². The first-order valence-electron chi connectivity index (χ1n) is 5.08. The molecule has 0 bridgehead atoms. The highest BCUT2D eigenvalue weighted by Crippen LogP contribution is 2.24. The van der Waals surface area contributed by atoms with Crippen LogP contribution in [-0.2, 0) is 0 Å². The van der Waals surface area contributed by atoms with Crippen LogP contribution in [-0.4, -0.2) is 9.97 Å². The van der Waals surface area contributed by atoms with E-state index in [0.29, 0.717) is 0 Å². The van der Waals surface area contributed by atoms with Gasteiger partial charge in [-0.3, -0.25) is 0 Å². The normalized spacial score (nSPS) is 10.4. The zero-order valence-corrected chi connectivity index (χ0v) is 12.4. The van der Waals surface area contributed by atoms with Gasteiger partial charge in [-0.2, -0.15) is 0 Å². The summed E-state index contributed by atoms with van der Waals surface area (Å²) in [7, 11) is 0. The minimum absolute atomic E-state index is 0.752. The van der Waals surface area contributed by atoms with Crippen LogP contribution in [0.3, 0.4) is 0 Å². The molecule has 0 atom stereocenters. The Labute approximate surface area is 119 Å². The third-order valence-corrected chi connectivity index (χ3v) is 3.82. The molecule has 1 aromatic heterocycles. The zero-order valence-electron chi connectivity index (χ0n) is 9.46. The van der Waals surface area contributed by atoms with E-state index in [1.165, 1.54) is 0 Å². The van der Waals surface area contributed by atoms with Crippen molar-refractivity contribution in [1.82, 2.24) is 9.97 Å². The van der Waals surface area contributed by atoms with Crippen LogP contribution in [0.5, 0.6) is 0 Å². The molecule has 0 radical (unpaired) electrons. The smallest absolute Gasteiger partial charge is 0.136 e. The molecule has 1 heterocycles. The molecular formula is C12H11ClIN3. The molecule has 17 heavy (non-hydrogen) atoms. The first-order chi connectivity index (χ1) is 8.06. The summed E-state index contributed by atoms with van der Waals surface area (Å²) in [6, 6.07) is 5.79. The summed E-state index contributed by atoms with van der Waals surface area (Å²) in [5.74, 6) is 1.58. The Hall–Kier alpha value is -0.880. The van der Waals surface area contributed by atoms with Gasteiger partial charge in [-0.25, -0.2) is 9.97 Å². The molecule has 1 N–H and O–H groups in total. The minimum atomic E-state index is 0.752. The number of halogens is 2. The van der Waals surface area contributed by atoms with Crippen molar-refractivity contribution in [2.45, 2.75) is 13.8 Å². The van der Waals surface area contributed by atoms with Gasteiger partial charge < -0.3 is 5.32 Å². The predicted octanol–water partition coefficient (Wildman–Crippen LogP) is 4.10. The quantitative estimate of drug-likeness (QED) is 0.821. The van der Waals surface area contributed by atoms with Crippen LogP contribution in [0.1, 0.15) is 11.4 Å². The lowest BCUT2D eigenvalue weighted by molar-refractivity contribution is 1.04. The molecule has 0 fully saturated rings. The maximum atomic E-state index is 5.98. The Morgan fingerprint density at radius 1 is 1.29 bits per heavy atom. The second-order valence-electron chi connectivity index (χ2n) is 3.70. The molecule has 2 rings (SSSR count). The van der Waals surface area contributed by atoms with E-state index in [1.54, 1.807) is 0 Å². The Morgan fingerprint density at radius 2 is 2.06 bits per heavy atom. The summed E-state index contributed by atoms with van der Waals surface area (Å²) in [6.45, 7) is 3.85. The predicted molar refractivity (Wildman–Crippen MR) is 79.0 cm³/mol. The number of aryl methyl sites for hydroxylation is 2. The minimum Gasteiger partial charge on any atom is -0.340 e. The van der Waals surface area contributed by atoms with E-state index in [9.17, 15) is 0 Å². The highest BCUT2D eigenvalue weighted by molar-refractivity contribution is 14.1. The topological polar surface area (TPSA) is 37.8 Å². The average Bonchev–Trinajstić information content (AvgIpc) is 2.29. The maximum Gasteiger partial charge on any atom is 0.136 e. The van der Waals surface area contributed by atoms with Gasteiger partial charge >= 0.3 is 0 Å². The molecule has 0 aliphatic heterocycles. The summed E-state index contributed by atoms with van der Waals surface area (Å²) in [5, 5.41) is 4.02. The van der Waals surface area contributed by atoms with Gasteiger partial charge in [0.2, 0.25) is 0 Å². The highest BCUT2D eigenvalue weighted by Gasteiger charge is 2.03. The lowest BCUT2D eigenvalue weighted by Gasteiger charge is -2.09. The van der Waals surface area contributed by atoms with E-state index in [0.717, 1.165) is 31.5 Å². The molecule has 0 saturated carbocycles. The Balaban J connectivity index is 2.31. The van der Waals surface area contributed by atoms with Crippen LogP contribution < -0.4 is 5.32 Å². The number of benzene rings is 1. The number of hydrogen-bond acceptors (Lipinski definition) is 3. The Morgan fingerprint density at radius 3 is 2.76 bits per heavy atom. The fourth-order valence-corrected chi connectivity index (χ4v) is 2.00. The molecular weight excluding hydrogens is 349 g/mol. The van der Waals surface area contributed by atoms with Gasteiger partial charge in [-0.05, 0) is 54.6 Å². The Kier molecular flexibility index (Phi) is 3.83. The van der Waals surface area contributed by atoms with Gasteiger partial charge in [0.05, 0.1) is 5.02 Å². The number of hydrogen-bond donors (Lipinski definition) is 1. The molecule has 3 nitrogen and oxygen atoms in total. The SMILES string of the molecule is Cc1ncc(C)c(Nc2ccc(Cl)c(I)c2)n1. The van der Waals surface area contributed by atoms with Crippen molar-refractivity contribution in [3.63, 3.8) is 0 Å². The van der Waals surface area contributed by atoms with Crippen molar-refractivity contribution < 1.29 is 0 Å². The standard InChI is InChI=1S/C12H11ClIN3/c1-7-6-15-8(2)16-12(7)17-9-3-4-10(13)11(14)5-9/h3-6H,1-2H3,(H,15,16,17). The lowest BCUT2D eigenvalue weighted by atomic mass is 10.3. The summed E-state index contributed by atoms with van der Waals surface area (Å²) >= 11 is 8.18. The van der Waals surface area contributed by atoms with Crippen LogP contribution in [0.4, 0.5) is 11.5 Å². The number of rotatable bonds is 2. The molecule has 2 aromatic rings. The van der Waals surface area contributed by atoms with Crippen molar-refractivity contribution in [2.75, 3.05) is 5.32 Å². The number of aromatic nitrogens is 2. The largest absolute Gasteiger partial charge is 0.340 e. The van der Waals surface area contributed by atoms with Crippen molar-refractivity contribution in [1.29, 1.82) is 0 Å². The van der Waals surface area contributed by atoms with E-state index >= 15 is 0 Å². The van der Waals surface area contributed by atoms with Gasteiger partial charge in [0.1, 0.15) is 11.6 Å². The average molecular weight is 360 g/mol. The molecule has 0 saturated heterocycles. The van der Waals surface area contributed by atoms with Crippen LogP contribution in [0.2, 0.25) is 5.02 Å². The second kappa shape index (κ2) is 5.18. The van der Waals surface area contributed by atoms with E-state index < -0.39 is 0 Å².